The highest BCUT2D eigenvalue weighted by Gasteiger charge is 2.91. The highest BCUT2D eigenvalue weighted by Crippen LogP contribution is 2.96. The second-order valence-corrected chi connectivity index (χ2v) is 16.4. The van der Waals surface area contributed by atoms with Crippen LogP contribution in [0.4, 0.5) is 0 Å². The van der Waals surface area contributed by atoms with Crippen LogP contribution in [0.15, 0.2) is 0 Å². The Hall–Kier alpha value is -0.0800. The van der Waals surface area contributed by atoms with Gasteiger partial charge >= 0.3 is 0 Å². The zero-order chi connectivity index (χ0) is 20.7. The molecule has 2 heteroatoms. The molecule has 10 unspecified atom stereocenters. The monoisotopic (exact) mass is 432 g/mol. The Morgan fingerprint density at radius 1 is 0.500 bits per heavy atom. The van der Waals surface area contributed by atoms with Crippen LogP contribution < -0.4 is 0 Å². The van der Waals surface area contributed by atoms with Crippen molar-refractivity contribution >= 4 is 0 Å². The zero-order valence-corrected chi connectivity index (χ0v) is 20.1. The first-order valence-electron chi connectivity index (χ1n) is 14.7. The molecule has 2 saturated heterocycles. The maximum absolute atomic E-state index is 6.50. The van der Waals surface area contributed by atoms with E-state index in [9.17, 15) is 0 Å². The van der Waals surface area contributed by atoms with Gasteiger partial charge in [0.15, 0.2) is 0 Å². The standard InChI is InChI=1S/C30H40O2/c1-25(3-5-31-25)27-7-17-15-12-30-14-28(26(2)4-6-32-26)9-19-16-11-29(13-27,21(17)23(19)30)22(18(15)8-27)24(30)20(16)10-28/h15-24H,3-14H2,1-2H3. The van der Waals surface area contributed by atoms with Crippen molar-refractivity contribution in [3.8, 4) is 0 Å². The molecular weight excluding hydrogens is 392 g/mol. The van der Waals surface area contributed by atoms with E-state index >= 15 is 0 Å². The third-order valence-electron chi connectivity index (χ3n) is 16.8. The van der Waals surface area contributed by atoms with Crippen molar-refractivity contribution in [2.24, 2.45) is 80.8 Å². The first-order valence-corrected chi connectivity index (χ1v) is 14.7. The lowest BCUT2D eigenvalue weighted by Gasteiger charge is -2.94. The van der Waals surface area contributed by atoms with Gasteiger partial charge in [-0.3, -0.25) is 0 Å². The molecule has 0 amide bonds. The minimum atomic E-state index is 0.238. The summed E-state index contributed by atoms with van der Waals surface area (Å²) in [6.45, 7) is 7.18. The Bertz CT molecular complexity index is 882. The van der Waals surface area contributed by atoms with E-state index in [1.165, 1.54) is 12.8 Å². The van der Waals surface area contributed by atoms with Crippen LogP contribution in [0.5, 0.6) is 0 Å². The summed E-state index contributed by atoms with van der Waals surface area (Å²) >= 11 is 0. The van der Waals surface area contributed by atoms with Crippen LogP contribution in [0.1, 0.15) is 78.1 Å². The van der Waals surface area contributed by atoms with Crippen molar-refractivity contribution in [2.75, 3.05) is 13.2 Å². The van der Waals surface area contributed by atoms with E-state index in [-0.39, 0.29) is 11.2 Å². The SMILES string of the molecule is CC1(C23CC4C5CC67CC8(C9(C)CCO9)CC9C%10CC(C2)(C4C96)C(C5C3)C7C%10C8)CCO1. The molecule has 32 heavy (non-hydrogen) atoms. The predicted octanol–water partition coefficient (Wildman–Crippen LogP) is 5.70. The Balaban J connectivity index is 1.13. The molecule has 14 bridgehead atoms. The average Bonchev–Trinajstić information content (AvgIpc) is 2.73. The fourth-order valence-electron chi connectivity index (χ4n) is 16.5. The molecule has 0 aromatic carbocycles. The predicted molar refractivity (Wildman–Crippen MR) is 120 cm³/mol. The van der Waals surface area contributed by atoms with E-state index in [1.807, 2.05) is 0 Å². The molecule has 15 rings (SSSR count). The van der Waals surface area contributed by atoms with Gasteiger partial charge in [-0.25, -0.2) is 0 Å². The topological polar surface area (TPSA) is 18.5 Å². The highest BCUT2D eigenvalue weighted by atomic mass is 16.5. The molecule has 15 fully saturated rings. The number of ether oxygens (including phenoxy) is 2. The maximum atomic E-state index is 6.50. The van der Waals surface area contributed by atoms with Crippen molar-refractivity contribution in [1.29, 1.82) is 0 Å². The van der Waals surface area contributed by atoms with Crippen LogP contribution in [-0.2, 0) is 9.47 Å². The Labute approximate surface area is 192 Å². The molecule has 2 aliphatic heterocycles. The summed E-state index contributed by atoms with van der Waals surface area (Å²) in [6, 6.07) is 0. The molecule has 0 aromatic heterocycles. The summed E-state index contributed by atoms with van der Waals surface area (Å²) < 4.78 is 13.0. The minimum absolute atomic E-state index is 0.238. The van der Waals surface area contributed by atoms with E-state index in [0.717, 1.165) is 83.2 Å². The molecule has 0 aromatic rings. The van der Waals surface area contributed by atoms with Crippen LogP contribution in [0.3, 0.4) is 0 Å². The lowest BCUT2D eigenvalue weighted by molar-refractivity contribution is -0.469. The molecule has 0 N–H and O–H groups in total. The van der Waals surface area contributed by atoms with Crippen molar-refractivity contribution in [3.63, 3.8) is 0 Å². The highest BCUT2D eigenvalue weighted by molar-refractivity contribution is 5.38. The Morgan fingerprint density at radius 2 is 0.844 bits per heavy atom. The van der Waals surface area contributed by atoms with Crippen LogP contribution in [0.25, 0.3) is 0 Å². The minimum Gasteiger partial charge on any atom is -0.375 e. The van der Waals surface area contributed by atoms with Crippen LogP contribution in [0.2, 0.25) is 0 Å². The summed E-state index contributed by atoms with van der Waals surface area (Å²) in [7, 11) is 0. The zero-order valence-electron chi connectivity index (χ0n) is 20.1. The molecule has 2 spiro atoms. The Kier molecular flexibility index (Phi) is 2.35. The van der Waals surface area contributed by atoms with E-state index in [4.69, 9.17) is 9.47 Å². The smallest absolute Gasteiger partial charge is 0.0732 e. The van der Waals surface area contributed by atoms with Crippen molar-refractivity contribution in [3.05, 3.63) is 0 Å². The number of rotatable bonds is 2. The summed E-state index contributed by atoms with van der Waals surface area (Å²) in [5, 5.41) is 0. The second kappa shape index (κ2) is 4.33. The quantitative estimate of drug-likeness (QED) is 0.558. The van der Waals surface area contributed by atoms with Crippen molar-refractivity contribution in [1.82, 2.24) is 0 Å². The van der Waals surface area contributed by atoms with E-state index < -0.39 is 0 Å². The van der Waals surface area contributed by atoms with Gasteiger partial charge in [0, 0.05) is 23.7 Å². The largest absolute Gasteiger partial charge is 0.375 e. The van der Waals surface area contributed by atoms with Gasteiger partial charge in [0.1, 0.15) is 0 Å². The van der Waals surface area contributed by atoms with Gasteiger partial charge in [0.2, 0.25) is 0 Å². The van der Waals surface area contributed by atoms with Crippen molar-refractivity contribution < 1.29 is 9.47 Å². The van der Waals surface area contributed by atoms with Gasteiger partial charge in [-0.2, -0.15) is 0 Å². The number of hydrogen-bond donors (Lipinski definition) is 0. The van der Waals surface area contributed by atoms with Crippen LogP contribution in [-0.4, -0.2) is 24.4 Å². The first-order chi connectivity index (χ1) is 15.4. The molecule has 172 valence electrons. The molecule has 0 radical (unpaired) electrons. The van der Waals surface area contributed by atoms with Crippen LogP contribution in [0, 0.1) is 80.8 Å². The van der Waals surface area contributed by atoms with Crippen LogP contribution >= 0.6 is 0 Å². The fourth-order valence-corrected chi connectivity index (χ4v) is 16.5. The summed E-state index contributed by atoms with van der Waals surface area (Å²) in [5.41, 5.74) is 3.12. The molecule has 2 nitrogen and oxygen atoms in total. The maximum Gasteiger partial charge on any atom is 0.0732 e. The summed E-state index contributed by atoms with van der Waals surface area (Å²) in [6.07, 6.45) is 15.5. The van der Waals surface area contributed by atoms with Crippen molar-refractivity contribution in [2.45, 2.75) is 89.3 Å². The normalized spacial score (nSPS) is 80.4. The molecule has 10 atom stereocenters. The summed E-state index contributed by atoms with van der Waals surface area (Å²) in [4.78, 5) is 0. The van der Waals surface area contributed by atoms with Gasteiger partial charge in [0.25, 0.3) is 0 Å². The number of hydrogen-bond acceptors (Lipinski definition) is 2. The first kappa shape index (κ1) is 17.4. The molecule has 13 saturated carbocycles. The van der Waals surface area contributed by atoms with E-state index in [0.29, 0.717) is 10.8 Å². The van der Waals surface area contributed by atoms with Gasteiger partial charge in [-0.15, -0.1) is 0 Å². The molecule has 2 heterocycles. The van der Waals surface area contributed by atoms with E-state index in [2.05, 4.69) is 13.8 Å². The average molecular weight is 433 g/mol. The second-order valence-electron chi connectivity index (χ2n) is 16.4. The third-order valence-corrected chi connectivity index (χ3v) is 16.8. The third kappa shape index (κ3) is 1.28. The summed E-state index contributed by atoms with van der Waals surface area (Å²) in [5.74, 6) is 11.1. The van der Waals surface area contributed by atoms with Gasteiger partial charge < -0.3 is 9.47 Å². The van der Waals surface area contributed by atoms with Gasteiger partial charge in [-0.05, 0) is 135 Å². The van der Waals surface area contributed by atoms with E-state index in [1.54, 1.807) is 51.4 Å². The molecule has 15 aliphatic rings. The lowest BCUT2D eigenvalue weighted by Crippen LogP contribution is -2.89. The lowest BCUT2D eigenvalue weighted by atomic mass is 9.11. The Morgan fingerprint density at radius 3 is 1.12 bits per heavy atom. The molecule has 13 aliphatic carbocycles. The fraction of sp³-hybridized carbons (Fsp3) is 1.00. The molecular formula is C30H40O2. The van der Waals surface area contributed by atoms with Gasteiger partial charge in [-0.1, -0.05) is 0 Å². The van der Waals surface area contributed by atoms with Gasteiger partial charge in [0.05, 0.1) is 24.4 Å².